The number of aliphatic hydroxyl groups is 1. The highest BCUT2D eigenvalue weighted by molar-refractivity contribution is 6.30. The molecule has 15 heavy (non-hydrogen) atoms. The zero-order valence-corrected chi connectivity index (χ0v) is 9.02. The van der Waals surface area contributed by atoms with Crippen molar-refractivity contribution >= 4 is 11.6 Å². The fourth-order valence-corrected chi connectivity index (χ4v) is 1.56. The lowest BCUT2D eigenvalue weighted by Gasteiger charge is -2.10. The van der Waals surface area contributed by atoms with Gasteiger partial charge in [-0.05, 0) is 17.7 Å². The van der Waals surface area contributed by atoms with E-state index in [2.05, 4.69) is 4.98 Å². The SMILES string of the molecule is Cn1ccnc1C(O)c1ccc(Cl)cc1. The fourth-order valence-electron chi connectivity index (χ4n) is 1.43. The second-order valence-electron chi connectivity index (χ2n) is 3.35. The molecule has 1 atom stereocenters. The van der Waals surface area contributed by atoms with Crippen molar-refractivity contribution in [1.82, 2.24) is 9.55 Å². The van der Waals surface area contributed by atoms with Gasteiger partial charge in [0, 0.05) is 24.5 Å². The Hall–Kier alpha value is -1.32. The number of aromatic nitrogens is 2. The van der Waals surface area contributed by atoms with Crippen LogP contribution >= 0.6 is 11.6 Å². The predicted octanol–water partition coefficient (Wildman–Crippen LogP) is 2.16. The first kappa shape index (κ1) is 10.2. The maximum atomic E-state index is 10.0. The standard InChI is InChI=1S/C11H11ClN2O/c1-14-7-6-13-11(14)10(15)8-2-4-9(12)5-3-8/h2-7,10,15H,1H3. The molecule has 0 bridgehead atoms. The van der Waals surface area contributed by atoms with Crippen LogP contribution in [0, 0.1) is 0 Å². The Balaban J connectivity index is 2.32. The predicted molar refractivity (Wildman–Crippen MR) is 58.7 cm³/mol. The Bertz CT molecular complexity index is 450. The van der Waals surface area contributed by atoms with Crippen molar-refractivity contribution in [2.75, 3.05) is 0 Å². The molecule has 2 aromatic rings. The third-order valence-corrected chi connectivity index (χ3v) is 2.54. The van der Waals surface area contributed by atoms with Gasteiger partial charge in [-0.2, -0.15) is 0 Å². The molecular formula is C11H11ClN2O. The molecule has 0 amide bonds. The van der Waals surface area contributed by atoms with E-state index in [1.165, 1.54) is 0 Å². The quantitative estimate of drug-likeness (QED) is 0.846. The molecule has 0 aliphatic rings. The van der Waals surface area contributed by atoms with Gasteiger partial charge in [0.15, 0.2) is 0 Å². The first-order valence-electron chi connectivity index (χ1n) is 4.59. The Labute approximate surface area is 93.0 Å². The molecule has 1 aromatic heterocycles. The Kier molecular flexibility index (Phi) is 2.75. The number of hydrogen-bond donors (Lipinski definition) is 1. The molecule has 0 aliphatic carbocycles. The van der Waals surface area contributed by atoms with Crippen LogP contribution in [0.1, 0.15) is 17.5 Å². The van der Waals surface area contributed by atoms with Crippen LogP contribution < -0.4 is 0 Å². The molecule has 1 N–H and O–H groups in total. The van der Waals surface area contributed by atoms with Crippen LogP contribution in [0.25, 0.3) is 0 Å². The summed E-state index contributed by atoms with van der Waals surface area (Å²) in [5, 5.41) is 10.7. The summed E-state index contributed by atoms with van der Waals surface area (Å²) in [7, 11) is 1.85. The van der Waals surface area contributed by atoms with Crippen molar-refractivity contribution in [1.29, 1.82) is 0 Å². The van der Waals surface area contributed by atoms with E-state index in [4.69, 9.17) is 11.6 Å². The van der Waals surface area contributed by atoms with Crippen molar-refractivity contribution in [2.24, 2.45) is 7.05 Å². The lowest BCUT2D eigenvalue weighted by molar-refractivity contribution is 0.206. The molecule has 1 aromatic carbocycles. The highest BCUT2D eigenvalue weighted by atomic mass is 35.5. The van der Waals surface area contributed by atoms with Gasteiger partial charge in [-0.15, -0.1) is 0 Å². The molecule has 0 saturated heterocycles. The van der Waals surface area contributed by atoms with Gasteiger partial charge in [-0.1, -0.05) is 23.7 Å². The lowest BCUT2D eigenvalue weighted by atomic mass is 10.1. The molecule has 0 aliphatic heterocycles. The van der Waals surface area contributed by atoms with E-state index in [9.17, 15) is 5.11 Å². The topological polar surface area (TPSA) is 38.0 Å². The van der Waals surface area contributed by atoms with E-state index in [0.29, 0.717) is 10.8 Å². The zero-order chi connectivity index (χ0) is 10.8. The molecule has 0 radical (unpaired) electrons. The first-order chi connectivity index (χ1) is 7.18. The second-order valence-corrected chi connectivity index (χ2v) is 3.79. The summed E-state index contributed by atoms with van der Waals surface area (Å²) >= 11 is 5.77. The molecule has 3 nitrogen and oxygen atoms in total. The number of benzene rings is 1. The molecule has 1 heterocycles. The van der Waals surface area contributed by atoms with E-state index in [-0.39, 0.29) is 0 Å². The number of halogens is 1. The second kappa shape index (κ2) is 4.04. The van der Waals surface area contributed by atoms with Gasteiger partial charge in [-0.25, -0.2) is 4.98 Å². The summed E-state index contributed by atoms with van der Waals surface area (Å²) in [4.78, 5) is 4.09. The van der Waals surface area contributed by atoms with E-state index in [1.807, 2.05) is 7.05 Å². The zero-order valence-electron chi connectivity index (χ0n) is 8.26. The van der Waals surface area contributed by atoms with Gasteiger partial charge in [0.05, 0.1) is 0 Å². The van der Waals surface area contributed by atoms with E-state index < -0.39 is 6.10 Å². The number of imidazole rings is 1. The summed E-state index contributed by atoms with van der Waals surface area (Å²) in [5.41, 5.74) is 0.786. The van der Waals surface area contributed by atoms with Gasteiger partial charge in [-0.3, -0.25) is 0 Å². The summed E-state index contributed by atoms with van der Waals surface area (Å²) in [5.74, 6) is 0.623. The summed E-state index contributed by atoms with van der Waals surface area (Å²) in [6, 6.07) is 7.09. The fraction of sp³-hybridized carbons (Fsp3) is 0.182. The molecule has 78 valence electrons. The molecule has 2 rings (SSSR count). The number of aliphatic hydroxyl groups excluding tert-OH is 1. The van der Waals surface area contributed by atoms with Crippen molar-refractivity contribution in [3.05, 3.63) is 53.1 Å². The monoisotopic (exact) mass is 222 g/mol. The first-order valence-corrected chi connectivity index (χ1v) is 4.97. The van der Waals surface area contributed by atoms with Crippen molar-refractivity contribution in [3.63, 3.8) is 0 Å². The van der Waals surface area contributed by atoms with Crippen LogP contribution in [0.3, 0.4) is 0 Å². The van der Waals surface area contributed by atoms with Crippen molar-refractivity contribution in [3.8, 4) is 0 Å². The minimum Gasteiger partial charge on any atom is -0.380 e. The van der Waals surface area contributed by atoms with Gasteiger partial charge in [0.25, 0.3) is 0 Å². The lowest BCUT2D eigenvalue weighted by Crippen LogP contribution is -2.06. The Morgan fingerprint density at radius 1 is 1.33 bits per heavy atom. The summed E-state index contributed by atoms with van der Waals surface area (Å²) < 4.78 is 1.79. The summed E-state index contributed by atoms with van der Waals surface area (Å²) in [6.45, 7) is 0. The van der Waals surface area contributed by atoms with E-state index in [1.54, 1.807) is 41.2 Å². The van der Waals surface area contributed by atoms with Crippen molar-refractivity contribution < 1.29 is 5.11 Å². The number of aryl methyl sites for hydroxylation is 1. The highest BCUT2D eigenvalue weighted by Gasteiger charge is 2.14. The minimum absolute atomic E-state index is 0.623. The normalized spacial score (nSPS) is 12.7. The average molecular weight is 223 g/mol. The van der Waals surface area contributed by atoms with Crippen LogP contribution in [0.5, 0.6) is 0 Å². The van der Waals surface area contributed by atoms with Gasteiger partial charge in [0.1, 0.15) is 11.9 Å². The Morgan fingerprint density at radius 2 is 2.00 bits per heavy atom. The average Bonchev–Trinajstić information content (AvgIpc) is 2.65. The van der Waals surface area contributed by atoms with Crippen LogP contribution in [0.2, 0.25) is 5.02 Å². The minimum atomic E-state index is -0.706. The van der Waals surface area contributed by atoms with E-state index >= 15 is 0 Å². The third-order valence-electron chi connectivity index (χ3n) is 2.29. The molecule has 1 unspecified atom stereocenters. The largest absolute Gasteiger partial charge is 0.380 e. The third kappa shape index (κ3) is 2.03. The maximum absolute atomic E-state index is 10.0. The van der Waals surface area contributed by atoms with Crippen LogP contribution in [0.15, 0.2) is 36.7 Å². The molecular weight excluding hydrogens is 212 g/mol. The van der Waals surface area contributed by atoms with Crippen molar-refractivity contribution in [2.45, 2.75) is 6.10 Å². The maximum Gasteiger partial charge on any atom is 0.142 e. The molecule has 0 saturated carbocycles. The smallest absolute Gasteiger partial charge is 0.142 e. The van der Waals surface area contributed by atoms with Crippen LogP contribution in [-0.4, -0.2) is 14.7 Å². The number of rotatable bonds is 2. The highest BCUT2D eigenvalue weighted by Crippen LogP contribution is 2.21. The van der Waals surface area contributed by atoms with Crippen LogP contribution in [-0.2, 0) is 7.05 Å². The summed E-state index contributed by atoms with van der Waals surface area (Å²) in [6.07, 6.45) is 2.76. The molecule has 0 fully saturated rings. The number of nitrogens with zero attached hydrogens (tertiary/aromatic N) is 2. The van der Waals surface area contributed by atoms with E-state index in [0.717, 1.165) is 5.56 Å². The molecule has 4 heteroatoms. The number of hydrogen-bond acceptors (Lipinski definition) is 2. The van der Waals surface area contributed by atoms with Gasteiger partial charge in [0.2, 0.25) is 0 Å². The molecule has 0 spiro atoms. The van der Waals surface area contributed by atoms with Gasteiger partial charge < -0.3 is 9.67 Å². The van der Waals surface area contributed by atoms with Crippen LogP contribution in [0.4, 0.5) is 0 Å². The Morgan fingerprint density at radius 3 is 2.53 bits per heavy atom. The van der Waals surface area contributed by atoms with Gasteiger partial charge >= 0.3 is 0 Å².